The van der Waals surface area contributed by atoms with Crippen molar-refractivity contribution in [3.8, 4) is 0 Å². The average Bonchev–Trinajstić information content (AvgIpc) is 2.47. The Bertz CT molecular complexity index is 857. The molecule has 0 fully saturated rings. The van der Waals surface area contributed by atoms with Gasteiger partial charge in [-0.2, -0.15) is 0 Å². The van der Waals surface area contributed by atoms with Gasteiger partial charge < -0.3 is 0 Å². The molecule has 0 spiro atoms. The first kappa shape index (κ1) is 17.8. The van der Waals surface area contributed by atoms with Crippen LogP contribution in [0, 0.1) is 41.5 Å². The highest BCUT2D eigenvalue weighted by atomic mass is 35.5. The van der Waals surface area contributed by atoms with Crippen molar-refractivity contribution in [3.05, 3.63) is 56.6 Å². The number of halogens is 1. The fourth-order valence-electron chi connectivity index (χ4n) is 2.78. The number of hydrogen-bond acceptors (Lipinski definition) is 2. The second-order valence-corrected chi connectivity index (χ2v) is 8.00. The summed E-state index contributed by atoms with van der Waals surface area (Å²) in [4.78, 5) is 0.359. The summed E-state index contributed by atoms with van der Waals surface area (Å²) in [5.74, 6) is 0. The predicted molar refractivity (Wildman–Crippen MR) is 97.1 cm³/mol. The van der Waals surface area contributed by atoms with Crippen molar-refractivity contribution < 1.29 is 8.42 Å². The molecule has 1 N–H and O–H groups in total. The lowest BCUT2D eigenvalue weighted by Gasteiger charge is -2.20. The Morgan fingerprint density at radius 1 is 0.783 bits per heavy atom. The maximum Gasteiger partial charge on any atom is 0.262 e. The first-order valence-corrected chi connectivity index (χ1v) is 9.29. The van der Waals surface area contributed by atoms with Crippen LogP contribution in [0.2, 0.25) is 5.02 Å². The van der Waals surface area contributed by atoms with Gasteiger partial charge in [-0.15, -0.1) is 0 Å². The van der Waals surface area contributed by atoms with Crippen molar-refractivity contribution in [1.82, 2.24) is 0 Å². The standard InChI is InChI=1S/C18H22ClNO2S/c1-10-11(2)13(4)18(14(5)12(10)3)23(21,22)20-17-9-7-8-16(19)15(17)6/h7-9,20H,1-6H3. The quantitative estimate of drug-likeness (QED) is 0.846. The molecule has 3 nitrogen and oxygen atoms in total. The van der Waals surface area contributed by atoms with Crippen LogP contribution in [0.4, 0.5) is 5.69 Å². The molecule has 0 aliphatic rings. The zero-order valence-corrected chi connectivity index (χ0v) is 15.9. The number of hydrogen-bond donors (Lipinski definition) is 1. The Hall–Kier alpha value is -1.52. The van der Waals surface area contributed by atoms with E-state index in [0.29, 0.717) is 21.2 Å². The van der Waals surface area contributed by atoms with E-state index < -0.39 is 10.0 Å². The monoisotopic (exact) mass is 351 g/mol. The van der Waals surface area contributed by atoms with Gasteiger partial charge in [-0.25, -0.2) is 8.42 Å². The number of nitrogens with one attached hydrogen (secondary N) is 1. The van der Waals surface area contributed by atoms with E-state index >= 15 is 0 Å². The van der Waals surface area contributed by atoms with E-state index in [4.69, 9.17) is 11.6 Å². The molecule has 0 saturated heterocycles. The Morgan fingerprint density at radius 3 is 1.78 bits per heavy atom. The maximum atomic E-state index is 13.0. The Morgan fingerprint density at radius 2 is 1.26 bits per heavy atom. The highest BCUT2D eigenvalue weighted by Gasteiger charge is 2.24. The molecule has 0 heterocycles. The molecule has 124 valence electrons. The summed E-state index contributed by atoms with van der Waals surface area (Å²) in [5.41, 5.74) is 5.96. The average molecular weight is 352 g/mol. The Kier molecular flexibility index (Phi) is 4.79. The zero-order chi connectivity index (χ0) is 17.5. The van der Waals surface area contributed by atoms with Crippen molar-refractivity contribution in [2.45, 2.75) is 46.4 Å². The fraction of sp³-hybridized carbons (Fsp3) is 0.333. The SMILES string of the molecule is Cc1c(Cl)cccc1NS(=O)(=O)c1c(C)c(C)c(C)c(C)c1C. The van der Waals surface area contributed by atoms with Crippen LogP contribution in [0.25, 0.3) is 0 Å². The minimum atomic E-state index is -3.68. The lowest BCUT2D eigenvalue weighted by molar-refractivity contribution is 0.599. The Balaban J connectivity index is 2.64. The molecule has 0 aliphatic heterocycles. The molecule has 0 aliphatic carbocycles. The van der Waals surface area contributed by atoms with Gasteiger partial charge in [0.15, 0.2) is 0 Å². The number of anilines is 1. The summed E-state index contributed by atoms with van der Waals surface area (Å²) in [5, 5.41) is 0.537. The molecule has 2 rings (SSSR count). The molecule has 0 unspecified atom stereocenters. The molecule has 2 aromatic rings. The topological polar surface area (TPSA) is 46.2 Å². The molecular formula is C18H22ClNO2S. The summed E-state index contributed by atoms with van der Waals surface area (Å²) in [6.45, 7) is 11.4. The minimum absolute atomic E-state index is 0.359. The molecule has 0 radical (unpaired) electrons. The normalized spacial score (nSPS) is 11.6. The smallest absolute Gasteiger partial charge is 0.262 e. The highest BCUT2D eigenvalue weighted by molar-refractivity contribution is 7.92. The highest BCUT2D eigenvalue weighted by Crippen LogP contribution is 2.32. The van der Waals surface area contributed by atoms with E-state index in [2.05, 4.69) is 4.72 Å². The van der Waals surface area contributed by atoms with E-state index in [1.165, 1.54) is 0 Å². The van der Waals surface area contributed by atoms with Crippen LogP contribution in [-0.4, -0.2) is 8.42 Å². The van der Waals surface area contributed by atoms with Crippen molar-refractivity contribution in [1.29, 1.82) is 0 Å². The molecule has 0 atom stereocenters. The lowest BCUT2D eigenvalue weighted by atomic mass is 9.95. The first-order valence-electron chi connectivity index (χ1n) is 7.42. The molecule has 23 heavy (non-hydrogen) atoms. The van der Waals surface area contributed by atoms with Gasteiger partial charge in [-0.3, -0.25) is 4.72 Å². The van der Waals surface area contributed by atoms with E-state index in [0.717, 1.165) is 27.8 Å². The van der Waals surface area contributed by atoms with Gasteiger partial charge in [-0.05, 0) is 87.1 Å². The summed E-state index contributed by atoms with van der Waals surface area (Å²) < 4.78 is 28.6. The van der Waals surface area contributed by atoms with E-state index in [-0.39, 0.29) is 0 Å². The van der Waals surface area contributed by atoms with Gasteiger partial charge in [0, 0.05) is 5.02 Å². The summed E-state index contributed by atoms with van der Waals surface area (Å²) in [6.07, 6.45) is 0. The van der Waals surface area contributed by atoms with Gasteiger partial charge >= 0.3 is 0 Å². The summed E-state index contributed by atoms with van der Waals surface area (Å²) in [6, 6.07) is 5.20. The van der Waals surface area contributed by atoms with E-state index in [1.807, 2.05) is 34.6 Å². The fourth-order valence-corrected chi connectivity index (χ4v) is 4.68. The third-order valence-corrected chi connectivity index (χ3v) is 6.76. The maximum absolute atomic E-state index is 13.0. The molecular weight excluding hydrogens is 330 g/mol. The first-order chi connectivity index (χ1) is 10.6. The molecule has 2 aromatic carbocycles. The van der Waals surface area contributed by atoms with Gasteiger partial charge in [-0.1, -0.05) is 17.7 Å². The number of sulfonamides is 1. The van der Waals surface area contributed by atoms with E-state index in [1.54, 1.807) is 25.1 Å². The second kappa shape index (κ2) is 6.17. The molecule has 0 amide bonds. The third-order valence-electron chi connectivity index (χ3n) is 4.71. The van der Waals surface area contributed by atoms with Crippen molar-refractivity contribution >= 4 is 27.3 Å². The van der Waals surface area contributed by atoms with Crippen LogP contribution in [0.5, 0.6) is 0 Å². The molecule has 0 bridgehead atoms. The van der Waals surface area contributed by atoms with Crippen LogP contribution in [-0.2, 0) is 10.0 Å². The number of rotatable bonds is 3. The molecule has 0 aromatic heterocycles. The van der Waals surface area contributed by atoms with Crippen molar-refractivity contribution in [3.63, 3.8) is 0 Å². The second-order valence-electron chi connectivity index (χ2n) is 5.97. The summed E-state index contributed by atoms with van der Waals surface area (Å²) in [7, 11) is -3.68. The van der Waals surface area contributed by atoms with Gasteiger partial charge in [0.25, 0.3) is 10.0 Å². The number of benzene rings is 2. The van der Waals surface area contributed by atoms with Crippen LogP contribution >= 0.6 is 11.6 Å². The Labute approximate surface area is 143 Å². The van der Waals surface area contributed by atoms with Crippen LogP contribution in [0.15, 0.2) is 23.1 Å². The van der Waals surface area contributed by atoms with Crippen molar-refractivity contribution in [2.24, 2.45) is 0 Å². The molecule has 5 heteroatoms. The van der Waals surface area contributed by atoms with Crippen LogP contribution < -0.4 is 4.72 Å². The van der Waals surface area contributed by atoms with Gasteiger partial charge in [0.2, 0.25) is 0 Å². The predicted octanol–water partition coefficient (Wildman–Crippen LogP) is 4.99. The molecule has 0 saturated carbocycles. The largest absolute Gasteiger partial charge is 0.279 e. The third kappa shape index (κ3) is 3.10. The van der Waals surface area contributed by atoms with Crippen LogP contribution in [0.3, 0.4) is 0 Å². The van der Waals surface area contributed by atoms with Gasteiger partial charge in [0.05, 0.1) is 10.6 Å². The zero-order valence-electron chi connectivity index (χ0n) is 14.3. The van der Waals surface area contributed by atoms with Gasteiger partial charge in [0.1, 0.15) is 0 Å². The minimum Gasteiger partial charge on any atom is -0.279 e. The van der Waals surface area contributed by atoms with Crippen molar-refractivity contribution in [2.75, 3.05) is 4.72 Å². The van der Waals surface area contributed by atoms with E-state index in [9.17, 15) is 8.42 Å². The lowest BCUT2D eigenvalue weighted by Crippen LogP contribution is -2.18. The van der Waals surface area contributed by atoms with Crippen LogP contribution in [0.1, 0.15) is 33.4 Å². The summed E-state index contributed by atoms with van der Waals surface area (Å²) >= 11 is 6.09.